The van der Waals surface area contributed by atoms with Crippen LogP contribution in [0.1, 0.15) is 11.7 Å². The molecule has 5 atom stereocenters. The zero-order valence-electron chi connectivity index (χ0n) is 17.5. The van der Waals surface area contributed by atoms with E-state index in [4.69, 9.17) is 21.4 Å². The Morgan fingerprint density at radius 3 is 2.50 bits per heavy atom. The smallest absolute Gasteiger partial charge is 0.166 e. The van der Waals surface area contributed by atoms with Crippen LogP contribution in [0.4, 0.5) is 20.3 Å². The first-order chi connectivity index (χ1) is 16.1. The van der Waals surface area contributed by atoms with Crippen molar-refractivity contribution in [1.82, 2.24) is 9.97 Å². The Balaban J connectivity index is 2.00. The van der Waals surface area contributed by atoms with Crippen LogP contribution < -0.4 is 10.1 Å². The molecule has 1 aromatic heterocycles. The Morgan fingerprint density at radius 2 is 1.85 bits per heavy atom. The highest BCUT2D eigenvalue weighted by Gasteiger charge is 2.37. The van der Waals surface area contributed by atoms with Crippen LogP contribution in [0.3, 0.4) is 0 Å². The monoisotopic (exact) mass is 563 g/mol. The van der Waals surface area contributed by atoms with Gasteiger partial charge in [0.2, 0.25) is 0 Å². The highest BCUT2D eigenvalue weighted by atomic mass is 79.9. The van der Waals surface area contributed by atoms with Crippen LogP contribution in [-0.2, 0) is 0 Å². The first-order valence-electron chi connectivity index (χ1n) is 9.81. The standard InChI is InChI=1S/C21H21BrClF2N3O6/c1-34-14-5-8-12(4-9(14)18(31)17(25)20(33)19(32)13(30)6-29)26-7-27-21(8)28-11-3-2-10(22)15(23)16(11)24/h2-5,7,13,17-20,29-33H,6H2,1H3,(H,26,27,28)/t13-,17-,18?,19+,20+/m1/s1. The van der Waals surface area contributed by atoms with Crippen LogP contribution in [0.25, 0.3) is 10.9 Å². The summed E-state index contributed by atoms with van der Waals surface area (Å²) in [4.78, 5) is 8.18. The molecule has 34 heavy (non-hydrogen) atoms. The maximum absolute atomic E-state index is 14.8. The summed E-state index contributed by atoms with van der Waals surface area (Å²) in [7, 11) is 1.26. The third kappa shape index (κ3) is 5.23. The van der Waals surface area contributed by atoms with Crippen LogP contribution in [0.2, 0.25) is 5.02 Å². The molecule has 1 unspecified atom stereocenters. The molecule has 0 fully saturated rings. The Morgan fingerprint density at radius 1 is 1.15 bits per heavy atom. The Kier molecular flexibility index (Phi) is 8.57. The molecule has 0 aliphatic rings. The van der Waals surface area contributed by atoms with Crippen molar-refractivity contribution in [3.8, 4) is 5.75 Å². The first-order valence-corrected chi connectivity index (χ1v) is 11.0. The van der Waals surface area contributed by atoms with Gasteiger partial charge in [0, 0.05) is 15.4 Å². The van der Waals surface area contributed by atoms with E-state index in [1.165, 1.54) is 25.3 Å². The highest BCUT2D eigenvalue weighted by molar-refractivity contribution is 9.10. The number of benzene rings is 2. The van der Waals surface area contributed by atoms with E-state index in [-0.39, 0.29) is 33.4 Å². The maximum atomic E-state index is 14.8. The SMILES string of the molecule is COc1cc2c(Nc3ccc(Br)c(Cl)c3F)ncnc2cc1C(O)[C@@H](F)[C@H](O)[C@@H](O)[C@H](O)CO. The molecule has 0 spiro atoms. The summed E-state index contributed by atoms with van der Waals surface area (Å²) in [6.45, 7) is -0.919. The van der Waals surface area contributed by atoms with Gasteiger partial charge in [-0.15, -0.1) is 0 Å². The van der Waals surface area contributed by atoms with Gasteiger partial charge in [-0.2, -0.15) is 0 Å². The minimum Gasteiger partial charge on any atom is -0.496 e. The molecule has 2 aromatic carbocycles. The predicted molar refractivity (Wildman–Crippen MR) is 123 cm³/mol. The summed E-state index contributed by atoms with van der Waals surface area (Å²) >= 11 is 9.06. The maximum Gasteiger partial charge on any atom is 0.166 e. The number of hydrogen-bond acceptors (Lipinski definition) is 9. The van der Waals surface area contributed by atoms with Gasteiger partial charge in [-0.05, 0) is 40.2 Å². The molecule has 1 heterocycles. The lowest BCUT2D eigenvalue weighted by molar-refractivity contribution is -0.119. The van der Waals surface area contributed by atoms with Crippen molar-refractivity contribution in [2.24, 2.45) is 0 Å². The zero-order valence-corrected chi connectivity index (χ0v) is 19.9. The number of nitrogens with one attached hydrogen (secondary N) is 1. The lowest BCUT2D eigenvalue weighted by Crippen LogP contribution is -2.46. The van der Waals surface area contributed by atoms with Gasteiger partial charge >= 0.3 is 0 Å². The van der Waals surface area contributed by atoms with Gasteiger partial charge < -0.3 is 35.6 Å². The fourth-order valence-electron chi connectivity index (χ4n) is 3.24. The van der Waals surface area contributed by atoms with E-state index in [9.17, 15) is 29.2 Å². The van der Waals surface area contributed by atoms with E-state index in [2.05, 4.69) is 31.2 Å². The number of fused-ring (bicyclic) bond motifs is 1. The summed E-state index contributed by atoms with van der Waals surface area (Å²) < 4.78 is 35.0. The molecule has 3 aromatic rings. The second kappa shape index (κ2) is 11.0. The van der Waals surface area contributed by atoms with Gasteiger partial charge in [-0.1, -0.05) is 11.6 Å². The lowest BCUT2D eigenvalue weighted by atomic mass is 9.95. The van der Waals surface area contributed by atoms with Gasteiger partial charge in [0.25, 0.3) is 0 Å². The molecule has 13 heteroatoms. The quantitative estimate of drug-likeness (QED) is 0.216. The van der Waals surface area contributed by atoms with Gasteiger partial charge in [-0.25, -0.2) is 18.7 Å². The van der Waals surface area contributed by atoms with E-state index in [1.54, 1.807) is 6.07 Å². The minimum absolute atomic E-state index is 0.0146. The van der Waals surface area contributed by atoms with Crippen molar-refractivity contribution in [2.45, 2.75) is 30.6 Å². The average Bonchev–Trinajstić information content (AvgIpc) is 2.85. The summed E-state index contributed by atoms with van der Waals surface area (Å²) in [5.41, 5.74) is 0.128. The van der Waals surface area contributed by atoms with Crippen molar-refractivity contribution in [3.05, 3.63) is 51.5 Å². The highest BCUT2D eigenvalue weighted by Crippen LogP contribution is 2.37. The molecule has 184 valence electrons. The molecule has 0 bridgehead atoms. The Labute approximate surface area is 205 Å². The van der Waals surface area contributed by atoms with Gasteiger partial charge in [0.1, 0.15) is 42.3 Å². The minimum atomic E-state index is -2.46. The van der Waals surface area contributed by atoms with Crippen molar-refractivity contribution in [2.75, 3.05) is 19.0 Å². The Hall–Kier alpha value is -2.19. The van der Waals surface area contributed by atoms with Crippen LogP contribution in [0, 0.1) is 5.82 Å². The largest absolute Gasteiger partial charge is 0.496 e. The first kappa shape index (κ1) is 26.4. The normalized spacial score (nSPS) is 16.1. The number of aromatic nitrogens is 2. The topological polar surface area (TPSA) is 148 Å². The van der Waals surface area contributed by atoms with E-state index >= 15 is 0 Å². The number of alkyl halides is 1. The van der Waals surface area contributed by atoms with E-state index in [1.807, 2.05) is 0 Å². The number of ether oxygens (including phenoxy) is 1. The number of rotatable bonds is 9. The zero-order chi connectivity index (χ0) is 25.2. The molecular formula is C21H21BrClF2N3O6. The number of nitrogens with zero attached hydrogens (tertiary/aromatic N) is 2. The van der Waals surface area contributed by atoms with Crippen molar-refractivity contribution in [3.63, 3.8) is 0 Å². The number of anilines is 2. The predicted octanol–water partition coefficient (Wildman–Crippen LogP) is 2.38. The van der Waals surface area contributed by atoms with E-state index in [0.717, 1.165) is 6.33 Å². The van der Waals surface area contributed by atoms with Crippen LogP contribution in [0.15, 0.2) is 35.1 Å². The van der Waals surface area contributed by atoms with E-state index < -0.39 is 43.0 Å². The summed E-state index contributed by atoms with van der Waals surface area (Å²) in [6, 6.07) is 5.65. The van der Waals surface area contributed by atoms with Crippen LogP contribution >= 0.6 is 27.5 Å². The molecule has 6 N–H and O–H groups in total. The third-order valence-electron chi connectivity index (χ3n) is 5.15. The van der Waals surface area contributed by atoms with Crippen molar-refractivity contribution in [1.29, 1.82) is 0 Å². The molecule has 0 saturated heterocycles. The molecular weight excluding hydrogens is 544 g/mol. The fourth-order valence-corrected chi connectivity index (χ4v) is 3.71. The molecule has 3 rings (SSSR count). The number of aliphatic hydroxyl groups excluding tert-OH is 5. The van der Waals surface area contributed by atoms with Crippen LogP contribution in [0.5, 0.6) is 5.75 Å². The lowest BCUT2D eigenvalue weighted by Gasteiger charge is -2.27. The second-order valence-corrected chi connectivity index (χ2v) is 8.53. The molecule has 0 saturated carbocycles. The Bertz CT molecular complexity index is 1180. The van der Waals surface area contributed by atoms with Crippen molar-refractivity contribution >= 4 is 49.9 Å². The molecule has 0 aliphatic heterocycles. The number of hydrogen-bond donors (Lipinski definition) is 6. The number of aliphatic hydroxyl groups is 5. The third-order valence-corrected chi connectivity index (χ3v) is 6.41. The summed E-state index contributed by atoms with van der Waals surface area (Å²) in [5, 5.41) is 51.6. The molecule has 9 nitrogen and oxygen atoms in total. The van der Waals surface area contributed by atoms with Crippen LogP contribution in [-0.4, -0.2) is 73.7 Å². The summed E-state index contributed by atoms with van der Waals surface area (Å²) in [6.07, 6.45) is -9.37. The number of methoxy groups -OCH3 is 1. The fraction of sp³-hybridized carbons (Fsp3) is 0.333. The molecule has 0 amide bonds. The van der Waals surface area contributed by atoms with E-state index in [0.29, 0.717) is 9.86 Å². The molecule has 0 aliphatic carbocycles. The number of halogens is 4. The van der Waals surface area contributed by atoms with Gasteiger partial charge in [0.15, 0.2) is 12.0 Å². The summed E-state index contributed by atoms with van der Waals surface area (Å²) in [5.74, 6) is -0.571. The molecule has 0 radical (unpaired) electrons. The van der Waals surface area contributed by atoms with Crippen molar-refractivity contribution < 1.29 is 39.1 Å². The average molecular weight is 565 g/mol. The second-order valence-electron chi connectivity index (χ2n) is 7.30. The van der Waals surface area contributed by atoms with Gasteiger partial charge in [0.05, 0.1) is 29.9 Å². The van der Waals surface area contributed by atoms with Gasteiger partial charge in [-0.3, -0.25) is 0 Å².